The molecule has 0 bridgehead atoms. The highest BCUT2D eigenvalue weighted by Gasteiger charge is 2.05. The van der Waals surface area contributed by atoms with Crippen molar-refractivity contribution in [2.75, 3.05) is 5.73 Å². The van der Waals surface area contributed by atoms with E-state index in [0.717, 1.165) is 13.8 Å². The Hall–Kier alpha value is -0.460. The summed E-state index contributed by atoms with van der Waals surface area (Å²) in [4.78, 5) is 8.33. The minimum Gasteiger partial charge on any atom is -0.383 e. The van der Waals surface area contributed by atoms with Gasteiger partial charge in [0.15, 0.2) is 5.82 Å². The van der Waals surface area contributed by atoms with Gasteiger partial charge in [-0.15, -0.1) is 11.3 Å². The van der Waals surface area contributed by atoms with Crippen LogP contribution in [0.4, 0.5) is 5.82 Å². The van der Waals surface area contributed by atoms with E-state index in [2.05, 4.69) is 41.8 Å². The van der Waals surface area contributed by atoms with Gasteiger partial charge in [-0.1, -0.05) is 0 Å². The van der Waals surface area contributed by atoms with Gasteiger partial charge in [-0.3, -0.25) is 0 Å². The van der Waals surface area contributed by atoms with Crippen LogP contribution in [-0.4, -0.2) is 9.97 Å². The van der Waals surface area contributed by atoms with E-state index in [4.69, 9.17) is 5.73 Å². The van der Waals surface area contributed by atoms with Gasteiger partial charge in [0, 0.05) is 17.1 Å². The molecule has 0 amide bonds. The number of anilines is 1. The molecule has 0 aliphatic carbocycles. The summed E-state index contributed by atoms with van der Waals surface area (Å²) < 4.78 is 1.77. The SMILES string of the molecule is Nc1nc(-c2csc(Br)c2)ncc1Br. The van der Waals surface area contributed by atoms with Gasteiger partial charge in [0.25, 0.3) is 0 Å². The third-order valence-corrected chi connectivity index (χ3v) is 3.71. The molecule has 2 aromatic rings. The molecule has 0 aliphatic heterocycles. The molecule has 14 heavy (non-hydrogen) atoms. The van der Waals surface area contributed by atoms with Crippen molar-refractivity contribution in [2.45, 2.75) is 0 Å². The number of thiophene rings is 1. The second-order valence-electron chi connectivity index (χ2n) is 2.57. The Bertz CT molecular complexity index is 469. The average Bonchev–Trinajstić information content (AvgIpc) is 2.57. The van der Waals surface area contributed by atoms with Crippen molar-refractivity contribution in [3.8, 4) is 11.4 Å². The fourth-order valence-corrected chi connectivity index (χ4v) is 2.27. The Kier molecular flexibility index (Phi) is 2.85. The second-order valence-corrected chi connectivity index (χ2v) is 5.71. The lowest BCUT2D eigenvalue weighted by Gasteiger charge is -1.99. The van der Waals surface area contributed by atoms with E-state index >= 15 is 0 Å². The molecule has 0 aromatic carbocycles. The van der Waals surface area contributed by atoms with Crippen LogP contribution in [0.3, 0.4) is 0 Å². The Morgan fingerprint density at radius 3 is 2.71 bits per heavy atom. The maximum Gasteiger partial charge on any atom is 0.162 e. The molecule has 0 atom stereocenters. The van der Waals surface area contributed by atoms with Crippen molar-refractivity contribution in [3.05, 3.63) is 25.9 Å². The molecule has 2 rings (SSSR count). The number of nitrogens with zero attached hydrogens (tertiary/aromatic N) is 2. The number of rotatable bonds is 1. The quantitative estimate of drug-likeness (QED) is 0.870. The van der Waals surface area contributed by atoms with Gasteiger partial charge in [-0.2, -0.15) is 0 Å². The largest absolute Gasteiger partial charge is 0.383 e. The van der Waals surface area contributed by atoms with Crippen LogP contribution in [0.2, 0.25) is 0 Å². The minimum absolute atomic E-state index is 0.456. The van der Waals surface area contributed by atoms with Crippen molar-refractivity contribution in [1.82, 2.24) is 9.97 Å². The molecule has 0 unspecified atom stereocenters. The van der Waals surface area contributed by atoms with Gasteiger partial charge >= 0.3 is 0 Å². The van der Waals surface area contributed by atoms with E-state index < -0.39 is 0 Å². The van der Waals surface area contributed by atoms with Crippen molar-refractivity contribution >= 4 is 49.0 Å². The predicted molar refractivity (Wildman–Crippen MR) is 65.2 cm³/mol. The summed E-state index contributed by atoms with van der Waals surface area (Å²) in [7, 11) is 0. The highest BCUT2D eigenvalue weighted by atomic mass is 79.9. The maximum atomic E-state index is 5.66. The molecule has 2 aromatic heterocycles. The molecule has 2 heterocycles. The van der Waals surface area contributed by atoms with Crippen molar-refractivity contribution in [1.29, 1.82) is 0 Å². The van der Waals surface area contributed by atoms with E-state index in [1.54, 1.807) is 17.5 Å². The summed E-state index contributed by atoms with van der Waals surface area (Å²) >= 11 is 8.23. The van der Waals surface area contributed by atoms with Gasteiger partial charge in [0.05, 0.1) is 8.26 Å². The minimum atomic E-state index is 0.456. The smallest absolute Gasteiger partial charge is 0.162 e. The van der Waals surface area contributed by atoms with Gasteiger partial charge in [0.2, 0.25) is 0 Å². The standard InChI is InChI=1S/C8H5Br2N3S/c9-5-2-12-8(13-7(5)11)4-1-6(10)14-3-4/h1-3H,(H2,11,12,13). The lowest BCUT2D eigenvalue weighted by atomic mass is 10.3. The summed E-state index contributed by atoms with van der Waals surface area (Å²) in [6.07, 6.45) is 1.66. The topological polar surface area (TPSA) is 51.8 Å². The highest BCUT2D eigenvalue weighted by Crippen LogP contribution is 2.28. The third kappa shape index (κ3) is 1.97. The number of nitrogen functional groups attached to an aromatic ring is 1. The van der Waals surface area contributed by atoms with E-state index in [0.29, 0.717) is 11.6 Å². The maximum absolute atomic E-state index is 5.66. The summed E-state index contributed by atoms with van der Waals surface area (Å²) in [5.41, 5.74) is 6.63. The van der Waals surface area contributed by atoms with Crippen LogP contribution in [0.15, 0.2) is 25.9 Å². The first-order valence-electron chi connectivity index (χ1n) is 3.69. The molecule has 72 valence electrons. The summed E-state index contributed by atoms with van der Waals surface area (Å²) in [6.45, 7) is 0. The van der Waals surface area contributed by atoms with Gasteiger partial charge in [-0.05, 0) is 37.9 Å². The highest BCUT2D eigenvalue weighted by molar-refractivity contribution is 9.11. The third-order valence-electron chi connectivity index (χ3n) is 1.60. The van der Waals surface area contributed by atoms with Crippen LogP contribution >= 0.6 is 43.2 Å². The Labute approximate surface area is 102 Å². The lowest BCUT2D eigenvalue weighted by Crippen LogP contribution is -1.95. The zero-order valence-electron chi connectivity index (χ0n) is 6.87. The van der Waals surface area contributed by atoms with Crippen molar-refractivity contribution in [2.24, 2.45) is 0 Å². The van der Waals surface area contributed by atoms with E-state index in [9.17, 15) is 0 Å². The summed E-state index contributed by atoms with van der Waals surface area (Å²) in [5.74, 6) is 1.10. The molecule has 0 fully saturated rings. The molecular formula is C8H5Br2N3S. The summed E-state index contributed by atoms with van der Waals surface area (Å²) in [5, 5.41) is 1.98. The number of aromatic nitrogens is 2. The van der Waals surface area contributed by atoms with Gasteiger partial charge in [0.1, 0.15) is 5.82 Å². The van der Waals surface area contributed by atoms with Crippen LogP contribution in [0.1, 0.15) is 0 Å². The van der Waals surface area contributed by atoms with Crippen LogP contribution in [-0.2, 0) is 0 Å². The molecule has 0 spiro atoms. The van der Waals surface area contributed by atoms with Crippen molar-refractivity contribution in [3.63, 3.8) is 0 Å². The zero-order chi connectivity index (χ0) is 10.1. The molecule has 6 heteroatoms. The number of hydrogen-bond acceptors (Lipinski definition) is 4. The predicted octanol–water partition coefficient (Wildman–Crippen LogP) is 3.31. The second kappa shape index (κ2) is 3.96. The average molecular weight is 335 g/mol. The first kappa shape index (κ1) is 10.1. The van der Waals surface area contributed by atoms with E-state index in [1.165, 1.54) is 0 Å². The number of nitrogens with two attached hydrogens (primary N) is 1. The Balaban J connectivity index is 2.47. The van der Waals surface area contributed by atoms with Crippen LogP contribution in [0.5, 0.6) is 0 Å². The van der Waals surface area contributed by atoms with E-state index in [1.807, 2.05) is 11.4 Å². The molecule has 0 radical (unpaired) electrons. The molecule has 0 aliphatic rings. The monoisotopic (exact) mass is 333 g/mol. The van der Waals surface area contributed by atoms with Gasteiger partial charge in [-0.25, -0.2) is 9.97 Å². The van der Waals surface area contributed by atoms with Crippen LogP contribution in [0, 0.1) is 0 Å². The number of halogens is 2. The first-order valence-corrected chi connectivity index (χ1v) is 6.16. The fourth-order valence-electron chi connectivity index (χ4n) is 0.947. The molecule has 0 saturated carbocycles. The van der Waals surface area contributed by atoms with Crippen LogP contribution in [0.25, 0.3) is 11.4 Å². The molecule has 3 nitrogen and oxygen atoms in total. The van der Waals surface area contributed by atoms with Crippen molar-refractivity contribution < 1.29 is 0 Å². The molecular weight excluding hydrogens is 330 g/mol. The number of hydrogen-bond donors (Lipinski definition) is 1. The van der Waals surface area contributed by atoms with Gasteiger partial charge < -0.3 is 5.73 Å². The lowest BCUT2D eigenvalue weighted by molar-refractivity contribution is 1.17. The van der Waals surface area contributed by atoms with Crippen LogP contribution < -0.4 is 5.73 Å². The zero-order valence-corrected chi connectivity index (χ0v) is 10.9. The molecule has 2 N–H and O–H groups in total. The molecule has 0 saturated heterocycles. The summed E-state index contributed by atoms with van der Waals surface area (Å²) in [6, 6.07) is 1.97. The first-order chi connectivity index (χ1) is 6.66. The Morgan fingerprint density at radius 2 is 2.14 bits per heavy atom. The van der Waals surface area contributed by atoms with E-state index in [-0.39, 0.29) is 0 Å². The fraction of sp³-hybridized carbons (Fsp3) is 0. The Morgan fingerprint density at radius 1 is 1.36 bits per heavy atom. The normalized spacial score (nSPS) is 10.4.